The van der Waals surface area contributed by atoms with E-state index >= 15 is 0 Å². The van der Waals surface area contributed by atoms with E-state index in [0.29, 0.717) is 50.3 Å². The van der Waals surface area contributed by atoms with Gasteiger partial charge in [-0.1, -0.05) is 147 Å². The highest BCUT2D eigenvalue weighted by Gasteiger charge is 2.25. The van der Waals surface area contributed by atoms with Gasteiger partial charge in [0.1, 0.15) is 5.52 Å². The van der Waals surface area contributed by atoms with Crippen LogP contribution in [-0.4, -0.2) is 38.0 Å². The van der Waals surface area contributed by atoms with Crippen molar-refractivity contribution in [2.45, 2.75) is 131 Å². The highest BCUT2D eigenvalue weighted by molar-refractivity contribution is 6.32. The maximum Gasteiger partial charge on any atom is 0.228 e. The molecule has 0 bridgehead atoms. The number of ether oxygens (including phenoxy) is 5. The zero-order chi connectivity index (χ0) is 45.0. The highest BCUT2D eigenvalue weighted by atomic mass is 16.5. The van der Waals surface area contributed by atoms with Crippen molar-refractivity contribution in [3.63, 3.8) is 0 Å². The van der Waals surface area contributed by atoms with E-state index in [-0.39, 0.29) is 0 Å². The van der Waals surface area contributed by atoms with E-state index < -0.39 is 0 Å². The van der Waals surface area contributed by atoms with E-state index in [1.165, 1.54) is 0 Å². The van der Waals surface area contributed by atoms with Gasteiger partial charge in [0.2, 0.25) is 5.89 Å². The first-order valence-electron chi connectivity index (χ1n) is 25.0. The monoisotopic (exact) mass is 876 g/mol. The van der Waals surface area contributed by atoms with Gasteiger partial charge in [-0.25, -0.2) is 4.98 Å². The number of nitrogens with zero attached hydrogens (tertiary/aromatic N) is 1. The Kier molecular flexibility index (Phi) is 15.9. The summed E-state index contributed by atoms with van der Waals surface area (Å²) in [4.78, 5) is 5.58. The molecule has 0 atom stereocenters. The molecule has 0 aliphatic carbocycles. The Balaban J connectivity index is 1.46. The quantitative estimate of drug-likeness (QED) is 0.0305. The molecule has 8 rings (SSSR count). The van der Waals surface area contributed by atoms with Crippen molar-refractivity contribution in [3.05, 3.63) is 84.9 Å². The SMILES string of the molecule is CCCCCOc1cc2c3cc(OCCCCC)c(OCCCCC)cc3c3c(cc(OCCCCC)c4oc(-c5c6ccccc6cc6ccccc56)nc43)c2cc1OCCCCC. The van der Waals surface area contributed by atoms with E-state index in [2.05, 4.69) is 120 Å². The van der Waals surface area contributed by atoms with Crippen molar-refractivity contribution in [1.29, 1.82) is 0 Å². The van der Waals surface area contributed by atoms with Crippen molar-refractivity contribution in [2.24, 2.45) is 0 Å². The normalized spacial score (nSPS) is 11.8. The lowest BCUT2D eigenvalue weighted by molar-refractivity contribution is 0.260. The molecule has 0 saturated carbocycles. The summed E-state index contributed by atoms with van der Waals surface area (Å²) in [5, 5.41) is 10.6. The predicted octanol–water partition coefficient (Wildman–Crippen LogP) is 17.1. The molecule has 0 saturated heterocycles. The fraction of sp³-hybridized carbons (Fsp3) is 0.431. The van der Waals surface area contributed by atoms with Crippen molar-refractivity contribution in [2.75, 3.05) is 33.0 Å². The number of hydrogen-bond donors (Lipinski definition) is 0. The summed E-state index contributed by atoms with van der Waals surface area (Å²) in [7, 11) is 0. The van der Waals surface area contributed by atoms with Crippen molar-refractivity contribution in [3.8, 4) is 40.2 Å². The van der Waals surface area contributed by atoms with Crippen LogP contribution in [0.1, 0.15) is 131 Å². The van der Waals surface area contributed by atoms with E-state index in [0.717, 1.165) is 184 Å². The molecule has 1 aromatic heterocycles. The number of fused-ring (bicyclic) bond motifs is 10. The summed E-state index contributed by atoms with van der Waals surface area (Å²) in [6, 6.07) is 30.2. The number of oxazole rings is 1. The van der Waals surface area contributed by atoms with Gasteiger partial charge in [0.25, 0.3) is 0 Å². The van der Waals surface area contributed by atoms with Crippen molar-refractivity contribution in [1.82, 2.24) is 4.98 Å². The Labute approximate surface area is 385 Å². The molecular formula is C58H69NO6. The first-order chi connectivity index (χ1) is 32.1. The lowest BCUT2D eigenvalue weighted by atomic mass is 9.92. The van der Waals surface area contributed by atoms with Crippen LogP contribution in [0.4, 0.5) is 0 Å². The Morgan fingerprint density at radius 3 is 1.15 bits per heavy atom. The summed E-state index contributed by atoms with van der Waals surface area (Å²) < 4.78 is 40.6. The molecule has 0 amide bonds. The van der Waals surface area contributed by atoms with Crippen LogP contribution in [0.5, 0.6) is 28.7 Å². The molecular weight excluding hydrogens is 807 g/mol. The standard InChI is InChI=1S/C58H69NO6/c1-6-11-20-29-60-49-35-44-45-36-51(62-31-22-13-8-3)52(63-32-23-14-9-4)38-47(45)54-48(46(44)37-50(49)61-30-21-12-7-2)39-53(64-33-24-15-10-5)57-56(54)59-58(65-57)55-42-27-18-16-25-40(42)34-41-26-17-19-28-43(41)55/h16-19,25-28,34-39H,6-15,20-24,29-33H2,1-5H3. The first kappa shape index (κ1) is 45.9. The molecule has 8 aromatic rings. The third-order valence-corrected chi connectivity index (χ3v) is 12.7. The molecule has 0 spiro atoms. The maximum absolute atomic E-state index is 7.10. The summed E-state index contributed by atoms with van der Waals surface area (Å²) >= 11 is 0. The van der Waals surface area contributed by atoms with E-state index in [1.54, 1.807) is 0 Å². The minimum atomic E-state index is 0.565. The van der Waals surface area contributed by atoms with Crippen LogP contribution in [0.3, 0.4) is 0 Å². The zero-order valence-electron chi connectivity index (χ0n) is 39.6. The third kappa shape index (κ3) is 10.2. The van der Waals surface area contributed by atoms with Gasteiger partial charge < -0.3 is 28.1 Å². The van der Waals surface area contributed by atoms with E-state index in [4.69, 9.17) is 33.1 Å². The molecule has 342 valence electrons. The average molecular weight is 876 g/mol. The lowest BCUT2D eigenvalue weighted by Gasteiger charge is -2.20. The highest BCUT2D eigenvalue weighted by Crippen LogP contribution is 2.49. The van der Waals surface area contributed by atoms with E-state index in [9.17, 15) is 0 Å². The summed E-state index contributed by atoms with van der Waals surface area (Å²) in [5.41, 5.74) is 2.37. The molecule has 1 heterocycles. The molecule has 7 heteroatoms. The number of unbranched alkanes of at least 4 members (excludes halogenated alkanes) is 10. The Bertz CT molecular complexity index is 2740. The minimum Gasteiger partial charge on any atom is -0.490 e. The van der Waals surface area contributed by atoms with Gasteiger partial charge in [-0.2, -0.15) is 0 Å². The van der Waals surface area contributed by atoms with Crippen LogP contribution in [0.15, 0.2) is 89.3 Å². The largest absolute Gasteiger partial charge is 0.490 e. The fourth-order valence-electron chi connectivity index (χ4n) is 9.11. The smallest absolute Gasteiger partial charge is 0.228 e. The van der Waals surface area contributed by atoms with Gasteiger partial charge in [-0.3, -0.25) is 0 Å². The van der Waals surface area contributed by atoms with Crippen LogP contribution in [0, 0.1) is 0 Å². The number of aromatic nitrogens is 1. The van der Waals surface area contributed by atoms with Crippen LogP contribution in [-0.2, 0) is 0 Å². The minimum absolute atomic E-state index is 0.565. The topological polar surface area (TPSA) is 72.2 Å². The molecule has 0 N–H and O–H groups in total. The molecule has 0 unspecified atom stereocenters. The van der Waals surface area contributed by atoms with Gasteiger partial charge in [0.05, 0.1) is 38.6 Å². The van der Waals surface area contributed by atoms with Gasteiger partial charge in [0.15, 0.2) is 34.3 Å². The van der Waals surface area contributed by atoms with Crippen LogP contribution < -0.4 is 23.7 Å². The first-order valence-corrected chi connectivity index (χ1v) is 25.0. The van der Waals surface area contributed by atoms with Gasteiger partial charge >= 0.3 is 0 Å². The summed E-state index contributed by atoms with van der Waals surface area (Å²) in [6.07, 6.45) is 15.9. The molecule has 7 nitrogen and oxygen atoms in total. The number of benzene rings is 7. The summed E-state index contributed by atoms with van der Waals surface area (Å²) in [6.45, 7) is 14.1. The van der Waals surface area contributed by atoms with Gasteiger partial charge in [0, 0.05) is 5.39 Å². The molecule has 0 aliphatic heterocycles. The van der Waals surface area contributed by atoms with Crippen LogP contribution in [0.2, 0.25) is 0 Å². The predicted molar refractivity (Wildman–Crippen MR) is 272 cm³/mol. The number of rotatable bonds is 26. The Morgan fingerprint density at radius 1 is 0.385 bits per heavy atom. The lowest BCUT2D eigenvalue weighted by Crippen LogP contribution is -2.04. The number of hydrogen-bond acceptors (Lipinski definition) is 7. The molecule has 65 heavy (non-hydrogen) atoms. The fourth-order valence-corrected chi connectivity index (χ4v) is 9.11. The second kappa shape index (κ2) is 22.5. The third-order valence-electron chi connectivity index (χ3n) is 12.7. The zero-order valence-corrected chi connectivity index (χ0v) is 39.6. The van der Waals surface area contributed by atoms with Crippen molar-refractivity contribution >= 4 is 65.0 Å². The molecule has 0 fully saturated rings. The Morgan fingerprint density at radius 2 is 0.738 bits per heavy atom. The van der Waals surface area contributed by atoms with Crippen molar-refractivity contribution < 1.29 is 28.1 Å². The summed E-state index contributed by atoms with van der Waals surface area (Å²) in [5.74, 6) is 4.27. The molecule has 0 aliphatic rings. The van der Waals surface area contributed by atoms with Crippen LogP contribution >= 0.6 is 0 Å². The Hall–Kier alpha value is -5.69. The van der Waals surface area contributed by atoms with Gasteiger partial charge in [-0.15, -0.1) is 0 Å². The molecule has 0 radical (unpaired) electrons. The van der Waals surface area contributed by atoms with E-state index in [1.807, 2.05) is 0 Å². The second-order valence-corrected chi connectivity index (χ2v) is 17.7. The second-order valence-electron chi connectivity index (χ2n) is 17.7. The average Bonchev–Trinajstić information content (AvgIpc) is 3.78. The maximum atomic E-state index is 7.10. The van der Waals surface area contributed by atoms with Crippen LogP contribution in [0.25, 0.3) is 76.4 Å². The molecule has 7 aromatic carbocycles. The van der Waals surface area contributed by atoms with Gasteiger partial charge in [-0.05, 0) is 117 Å².